The first kappa shape index (κ1) is 22.9. The van der Waals surface area contributed by atoms with E-state index in [4.69, 9.17) is 4.18 Å². The number of imidazole rings is 1. The van der Waals surface area contributed by atoms with Gasteiger partial charge >= 0.3 is 5.92 Å². The molecule has 0 saturated heterocycles. The Morgan fingerprint density at radius 3 is 2.30 bits per heavy atom. The minimum Gasteiger partial charge on any atom is -0.386 e. The molecular formula is C23H27F3N2O4S. The Labute approximate surface area is 190 Å². The summed E-state index contributed by atoms with van der Waals surface area (Å²) in [7, 11) is -4.43. The van der Waals surface area contributed by atoms with Crippen molar-refractivity contribution >= 4 is 10.1 Å². The van der Waals surface area contributed by atoms with Crippen LogP contribution in [0, 0.1) is 29.0 Å². The van der Waals surface area contributed by atoms with Crippen LogP contribution < -0.4 is 0 Å². The van der Waals surface area contributed by atoms with Crippen LogP contribution in [0.2, 0.25) is 0 Å². The lowest BCUT2D eigenvalue weighted by molar-refractivity contribution is -0.238. The Morgan fingerprint density at radius 2 is 1.79 bits per heavy atom. The van der Waals surface area contributed by atoms with Gasteiger partial charge in [-0.3, -0.25) is 4.18 Å². The fraction of sp³-hybridized carbons (Fsp3) is 0.609. The normalized spacial score (nSPS) is 31.0. The fourth-order valence-electron chi connectivity index (χ4n) is 6.99. The molecular weight excluding hydrogens is 457 g/mol. The van der Waals surface area contributed by atoms with Crippen molar-refractivity contribution in [1.29, 1.82) is 0 Å². The summed E-state index contributed by atoms with van der Waals surface area (Å²) in [6, 6.07) is 3.69. The number of rotatable bonds is 7. The first-order valence-corrected chi connectivity index (χ1v) is 13.0. The number of nitrogens with zero attached hydrogens (tertiary/aromatic N) is 1. The summed E-state index contributed by atoms with van der Waals surface area (Å²) in [5.41, 5.74) is -1.43. The third-order valence-corrected chi connectivity index (χ3v) is 8.30. The van der Waals surface area contributed by atoms with Gasteiger partial charge in [0.2, 0.25) is 0 Å². The van der Waals surface area contributed by atoms with Gasteiger partial charge in [0.1, 0.15) is 11.9 Å². The van der Waals surface area contributed by atoms with Crippen LogP contribution in [0.3, 0.4) is 0 Å². The number of aliphatic hydroxyl groups excluding tert-OH is 1. The highest BCUT2D eigenvalue weighted by Gasteiger charge is 2.63. The van der Waals surface area contributed by atoms with Gasteiger partial charge in [0.25, 0.3) is 10.1 Å². The van der Waals surface area contributed by atoms with Gasteiger partial charge in [-0.1, -0.05) is 12.1 Å². The third kappa shape index (κ3) is 4.00. The van der Waals surface area contributed by atoms with Gasteiger partial charge in [0, 0.05) is 16.5 Å². The molecule has 4 aliphatic carbocycles. The van der Waals surface area contributed by atoms with Crippen molar-refractivity contribution in [2.24, 2.45) is 23.2 Å². The summed E-state index contributed by atoms with van der Waals surface area (Å²) < 4.78 is 76.5. The van der Waals surface area contributed by atoms with Crippen LogP contribution >= 0.6 is 0 Å². The maximum absolute atomic E-state index is 16.2. The number of benzene rings is 1. The lowest BCUT2D eigenvalue weighted by Crippen LogP contribution is -2.58. The molecule has 180 valence electrons. The molecule has 2 atom stereocenters. The van der Waals surface area contributed by atoms with Gasteiger partial charge in [-0.05, 0) is 62.3 Å². The Balaban J connectivity index is 1.60. The van der Waals surface area contributed by atoms with Gasteiger partial charge in [0.05, 0.1) is 24.5 Å². The Hall–Kier alpha value is -1.91. The van der Waals surface area contributed by atoms with Crippen LogP contribution in [0.15, 0.2) is 30.7 Å². The maximum atomic E-state index is 16.2. The molecule has 33 heavy (non-hydrogen) atoms. The smallest absolute Gasteiger partial charge is 0.305 e. The summed E-state index contributed by atoms with van der Waals surface area (Å²) >= 11 is 0. The number of alkyl halides is 2. The highest BCUT2D eigenvalue weighted by atomic mass is 32.2. The van der Waals surface area contributed by atoms with E-state index in [0.717, 1.165) is 25.3 Å². The summed E-state index contributed by atoms with van der Waals surface area (Å²) in [6.45, 7) is 0. The van der Waals surface area contributed by atoms with Crippen LogP contribution in [-0.2, 0) is 14.3 Å². The minimum absolute atomic E-state index is 0.00135. The van der Waals surface area contributed by atoms with Gasteiger partial charge in [-0.15, -0.1) is 0 Å². The number of halogens is 3. The molecule has 6 rings (SSSR count). The second kappa shape index (κ2) is 7.81. The number of aromatic amines is 1. The summed E-state index contributed by atoms with van der Waals surface area (Å²) in [6.07, 6.45) is 2.92. The average Bonchev–Trinajstić information content (AvgIpc) is 3.24. The van der Waals surface area contributed by atoms with E-state index < -0.39 is 45.0 Å². The molecule has 1 aromatic heterocycles. The van der Waals surface area contributed by atoms with Crippen molar-refractivity contribution < 1.29 is 30.9 Å². The molecule has 0 spiro atoms. The van der Waals surface area contributed by atoms with Crippen LogP contribution in [0.4, 0.5) is 13.2 Å². The number of aliphatic hydroxyl groups is 1. The molecule has 0 radical (unpaired) electrons. The minimum atomic E-state index is -4.43. The van der Waals surface area contributed by atoms with Crippen LogP contribution in [0.1, 0.15) is 50.2 Å². The predicted octanol–water partition coefficient (Wildman–Crippen LogP) is 4.45. The van der Waals surface area contributed by atoms with Crippen molar-refractivity contribution in [2.75, 3.05) is 6.26 Å². The van der Waals surface area contributed by atoms with Crippen LogP contribution in [0.5, 0.6) is 0 Å². The molecule has 2 N–H and O–H groups in total. The third-order valence-electron chi connectivity index (χ3n) is 7.75. The van der Waals surface area contributed by atoms with Crippen LogP contribution in [-0.4, -0.2) is 41.8 Å². The van der Waals surface area contributed by atoms with E-state index in [1.807, 2.05) is 0 Å². The van der Waals surface area contributed by atoms with E-state index in [0.29, 0.717) is 25.5 Å². The lowest BCUT2D eigenvalue weighted by Gasteiger charge is -2.59. The van der Waals surface area contributed by atoms with Gasteiger partial charge in [0.15, 0.2) is 6.10 Å². The molecule has 4 bridgehead atoms. The highest BCUT2D eigenvalue weighted by Crippen LogP contribution is 2.64. The first-order valence-electron chi connectivity index (χ1n) is 11.2. The zero-order valence-corrected chi connectivity index (χ0v) is 19.0. The summed E-state index contributed by atoms with van der Waals surface area (Å²) in [5, 5.41) is 11.2. The number of H-pyrrole nitrogens is 1. The van der Waals surface area contributed by atoms with Crippen molar-refractivity contribution in [3.05, 3.63) is 42.1 Å². The van der Waals surface area contributed by atoms with Gasteiger partial charge in [-0.25, -0.2) is 18.2 Å². The number of hydrogen-bond acceptors (Lipinski definition) is 5. The number of hydrogen-bond donors (Lipinski definition) is 2. The molecule has 2 unspecified atom stereocenters. The SMILES string of the molecule is CS(=O)(=O)OC(c1c(F)cccc1-c1cnc[nH]1)C(F)(F)C(O)C12CC3CC(CC(C3)C1)C2. The van der Waals surface area contributed by atoms with Gasteiger partial charge in [-0.2, -0.15) is 8.42 Å². The topological polar surface area (TPSA) is 92.3 Å². The van der Waals surface area contributed by atoms with Crippen LogP contribution in [0.25, 0.3) is 11.3 Å². The molecule has 4 fully saturated rings. The Morgan fingerprint density at radius 1 is 1.18 bits per heavy atom. The molecule has 1 aromatic carbocycles. The van der Waals surface area contributed by atoms with Crippen molar-refractivity contribution in [2.45, 2.75) is 56.7 Å². The fourth-order valence-corrected chi connectivity index (χ4v) is 7.56. The Kier molecular flexibility index (Phi) is 5.41. The molecule has 10 heteroatoms. The second-order valence-corrected chi connectivity index (χ2v) is 11.8. The summed E-state index contributed by atoms with van der Waals surface area (Å²) in [4.78, 5) is 6.59. The van der Waals surface area contributed by atoms with Crippen molar-refractivity contribution in [1.82, 2.24) is 9.97 Å². The lowest BCUT2D eigenvalue weighted by atomic mass is 9.47. The Bertz CT molecular complexity index is 1100. The predicted molar refractivity (Wildman–Crippen MR) is 114 cm³/mol. The van der Waals surface area contributed by atoms with Gasteiger partial charge < -0.3 is 10.1 Å². The average molecular weight is 485 g/mol. The highest BCUT2D eigenvalue weighted by molar-refractivity contribution is 7.86. The molecule has 6 nitrogen and oxygen atoms in total. The summed E-state index contributed by atoms with van der Waals surface area (Å²) in [5.74, 6) is -4.26. The molecule has 2 aromatic rings. The zero-order valence-electron chi connectivity index (χ0n) is 18.2. The first-order chi connectivity index (χ1) is 15.5. The standard InChI is InChI=1S/C23H27F3N2O4S/c1-33(30,31)32-20(19-16(3-2-4-17(19)24)18-11-27-12-28-18)23(25,26)21(29)22-8-13-5-14(9-22)7-15(6-13)10-22/h2-4,11-15,20-21,29H,5-10H2,1H3,(H,27,28). The van der Waals surface area contributed by atoms with Crippen molar-refractivity contribution in [3.63, 3.8) is 0 Å². The molecule has 0 aliphatic heterocycles. The quantitative estimate of drug-likeness (QED) is 0.567. The molecule has 1 heterocycles. The molecule has 0 amide bonds. The van der Waals surface area contributed by atoms with E-state index in [9.17, 15) is 13.5 Å². The molecule has 4 saturated carbocycles. The monoisotopic (exact) mass is 484 g/mol. The zero-order chi connectivity index (χ0) is 23.6. The number of aromatic nitrogens is 2. The van der Waals surface area contributed by atoms with E-state index in [1.54, 1.807) is 0 Å². The van der Waals surface area contributed by atoms with E-state index in [-0.39, 0.29) is 29.0 Å². The van der Waals surface area contributed by atoms with Crippen molar-refractivity contribution in [3.8, 4) is 11.3 Å². The maximum Gasteiger partial charge on any atom is 0.305 e. The second-order valence-electron chi connectivity index (χ2n) is 10.2. The molecule has 4 aliphatic rings. The van der Waals surface area contributed by atoms with E-state index >= 15 is 13.2 Å². The van der Waals surface area contributed by atoms with E-state index in [1.165, 1.54) is 24.7 Å². The van der Waals surface area contributed by atoms with E-state index in [2.05, 4.69) is 9.97 Å². The largest absolute Gasteiger partial charge is 0.386 e. The number of nitrogens with one attached hydrogen (secondary N) is 1.